The van der Waals surface area contributed by atoms with Crippen LogP contribution < -0.4 is 4.90 Å². The largest absolute Gasteiger partial charge is 0.297 e. The third-order valence-electron chi connectivity index (χ3n) is 3.20. The number of amides is 1. The maximum atomic E-state index is 13.2. The molecule has 1 aromatic heterocycles. The summed E-state index contributed by atoms with van der Waals surface area (Å²) in [5, 5.41) is 0. The molecule has 0 aliphatic carbocycles. The monoisotopic (exact) mass is 270 g/mol. The molecule has 0 aromatic carbocycles. The van der Waals surface area contributed by atoms with Crippen LogP contribution >= 0.6 is 0 Å². The van der Waals surface area contributed by atoms with Crippen molar-refractivity contribution in [2.75, 3.05) is 11.4 Å². The third kappa shape index (κ3) is 2.94. The first-order chi connectivity index (χ1) is 8.99. The van der Waals surface area contributed by atoms with Gasteiger partial charge in [-0.05, 0) is 36.5 Å². The molecule has 0 saturated heterocycles. The lowest BCUT2D eigenvalue weighted by Crippen LogP contribution is -2.36. The van der Waals surface area contributed by atoms with Gasteiger partial charge in [0.2, 0.25) is 11.9 Å². The molecule has 0 N–H and O–H groups in total. The highest BCUT2D eigenvalue weighted by atomic mass is 19.3. The number of halogens is 3. The van der Waals surface area contributed by atoms with Gasteiger partial charge in [-0.25, -0.2) is 4.98 Å². The minimum absolute atomic E-state index is 0.161. The second-order valence-electron chi connectivity index (χ2n) is 4.43. The van der Waals surface area contributed by atoms with Crippen LogP contribution in [0.2, 0.25) is 0 Å². The quantitative estimate of drug-likeness (QED) is 0.773. The summed E-state index contributed by atoms with van der Waals surface area (Å²) < 4.78 is 37.5. The molecule has 1 aromatic rings. The van der Waals surface area contributed by atoms with Crippen LogP contribution in [0.1, 0.15) is 31.2 Å². The van der Waals surface area contributed by atoms with Gasteiger partial charge in [0, 0.05) is 13.5 Å². The first kappa shape index (κ1) is 13.6. The summed E-state index contributed by atoms with van der Waals surface area (Å²) in [7, 11) is 0. The van der Waals surface area contributed by atoms with E-state index in [4.69, 9.17) is 0 Å². The Labute approximate surface area is 108 Å². The summed E-state index contributed by atoms with van der Waals surface area (Å²) in [6.07, 6.45) is -0.162. The van der Waals surface area contributed by atoms with Gasteiger partial charge in [-0.1, -0.05) is 6.07 Å². The number of hydrogen-bond acceptors (Lipinski definition) is 2. The van der Waals surface area contributed by atoms with Gasteiger partial charge in [0.15, 0.2) is 0 Å². The lowest BCUT2D eigenvalue weighted by molar-refractivity contribution is -0.116. The number of aromatic nitrogens is 1. The van der Waals surface area contributed by atoms with Crippen molar-refractivity contribution in [3.05, 3.63) is 35.8 Å². The maximum absolute atomic E-state index is 13.2. The van der Waals surface area contributed by atoms with E-state index in [-0.39, 0.29) is 24.1 Å². The normalized spacial score (nSPS) is 17.9. The molecule has 1 unspecified atom stereocenters. The fourth-order valence-corrected chi connectivity index (χ4v) is 2.30. The Balaban J connectivity index is 2.36. The van der Waals surface area contributed by atoms with E-state index >= 15 is 0 Å². The zero-order chi connectivity index (χ0) is 14.0. The topological polar surface area (TPSA) is 33.2 Å². The van der Waals surface area contributed by atoms with Crippen LogP contribution in [-0.4, -0.2) is 17.4 Å². The molecule has 1 atom stereocenters. The van der Waals surface area contributed by atoms with E-state index in [2.05, 4.69) is 4.98 Å². The fraction of sp³-hybridized carbons (Fsp3) is 0.385. The molecule has 3 nitrogen and oxygen atoms in total. The van der Waals surface area contributed by atoms with Gasteiger partial charge in [-0.2, -0.15) is 13.2 Å². The number of hydrogen-bond donors (Lipinski definition) is 0. The first-order valence-corrected chi connectivity index (χ1v) is 5.94. The van der Waals surface area contributed by atoms with Crippen LogP contribution in [0.25, 0.3) is 0 Å². The Morgan fingerprint density at radius 1 is 1.53 bits per heavy atom. The molecular formula is C13H13F3N2O. The zero-order valence-corrected chi connectivity index (χ0v) is 10.4. The molecule has 19 heavy (non-hydrogen) atoms. The van der Waals surface area contributed by atoms with Crippen molar-refractivity contribution in [3.63, 3.8) is 0 Å². The predicted octanol–water partition coefficient (Wildman–Crippen LogP) is 3.23. The molecule has 0 saturated carbocycles. The third-order valence-corrected chi connectivity index (χ3v) is 3.20. The Kier molecular flexibility index (Phi) is 3.87. The number of nitrogens with zero attached hydrogens (tertiary/aromatic N) is 2. The maximum Gasteiger partial charge on any atom is 0.266 e. The minimum atomic E-state index is -1.73. The second kappa shape index (κ2) is 5.42. The molecule has 2 heterocycles. The fourth-order valence-electron chi connectivity index (χ4n) is 2.30. The predicted molar refractivity (Wildman–Crippen MR) is 64.5 cm³/mol. The first-order valence-electron chi connectivity index (χ1n) is 5.94. The van der Waals surface area contributed by atoms with E-state index in [1.165, 1.54) is 24.0 Å². The Morgan fingerprint density at radius 3 is 2.89 bits per heavy atom. The zero-order valence-electron chi connectivity index (χ0n) is 10.4. The van der Waals surface area contributed by atoms with Crippen LogP contribution in [-0.2, 0) is 4.79 Å². The van der Waals surface area contributed by atoms with Crippen LogP contribution in [0.4, 0.5) is 19.0 Å². The smallest absolute Gasteiger partial charge is 0.266 e. The molecular weight excluding hydrogens is 257 g/mol. The Bertz CT molecular complexity index is 527. The second-order valence-corrected chi connectivity index (χ2v) is 4.43. The lowest BCUT2D eigenvalue weighted by Gasteiger charge is -2.32. The van der Waals surface area contributed by atoms with Crippen LogP contribution in [0, 0.1) is 5.95 Å². The van der Waals surface area contributed by atoms with E-state index < -0.39 is 12.0 Å². The summed E-state index contributed by atoms with van der Waals surface area (Å²) in [6.45, 7) is 1.74. The van der Waals surface area contributed by atoms with Crippen LogP contribution in [0.15, 0.2) is 24.3 Å². The molecule has 6 heteroatoms. The summed E-state index contributed by atoms with van der Waals surface area (Å²) in [4.78, 5) is 16.6. The summed E-state index contributed by atoms with van der Waals surface area (Å²) in [5.41, 5.74) is 0.639. The minimum Gasteiger partial charge on any atom is -0.297 e. The number of rotatable bonds is 2. The average Bonchev–Trinajstić information content (AvgIpc) is 2.34. The van der Waals surface area contributed by atoms with Gasteiger partial charge in [0.1, 0.15) is 5.82 Å². The number of allylic oxidation sites excluding steroid dienone is 1. The van der Waals surface area contributed by atoms with E-state index in [0.29, 0.717) is 18.5 Å². The van der Waals surface area contributed by atoms with Crippen LogP contribution in [0.5, 0.6) is 0 Å². The molecule has 1 aliphatic heterocycles. The molecule has 2 rings (SSSR count). The molecule has 102 valence electrons. The number of anilines is 1. The molecule has 0 radical (unpaired) electrons. The number of fused-ring (bicyclic) bond motifs is 1. The molecule has 0 spiro atoms. The summed E-state index contributed by atoms with van der Waals surface area (Å²) in [6, 6.07) is 2.70. The van der Waals surface area contributed by atoms with Gasteiger partial charge in [-0.3, -0.25) is 9.69 Å². The van der Waals surface area contributed by atoms with E-state index in [1.807, 2.05) is 0 Å². The van der Waals surface area contributed by atoms with Crippen molar-refractivity contribution < 1.29 is 18.0 Å². The Morgan fingerprint density at radius 2 is 2.26 bits per heavy atom. The summed E-state index contributed by atoms with van der Waals surface area (Å²) >= 11 is 0. The lowest BCUT2D eigenvalue weighted by atomic mass is 9.89. The van der Waals surface area contributed by atoms with E-state index in [9.17, 15) is 18.0 Å². The Hall–Kier alpha value is -1.85. The van der Waals surface area contributed by atoms with Crippen molar-refractivity contribution in [1.29, 1.82) is 0 Å². The van der Waals surface area contributed by atoms with Gasteiger partial charge in [0.05, 0.1) is 0 Å². The van der Waals surface area contributed by atoms with Gasteiger partial charge in [-0.15, -0.1) is 0 Å². The standard InChI is InChI=1S/C13H13F3N2O/c1-8(19)18-7-6-9(2-4-11(14)15)10-3-5-12(16)17-13(10)18/h3-5,9H,2,6-7H2,1H3. The van der Waals surface area contributed by atoms with Crippen molar-refractivity contribution >= 4 is 11.7 Å². The highest BCUT2D eigenvalue weighted by Crippen LogP contribution is 2.36. The van der Waals surface area contributed by atoms with Gasteiger partial charge >= 0.3 is 0 Å². The number of pyridine rings is 1. The molecule has 1 amide bonds. The van der Waals surface area contributed by atoms with Gasteiger partial charge < -0.3 is 0 Å². The van der Waals surface area contributed by atoms with E-state index in [1.54, 1.807) is 0 Å². The molecule has 1 aliphatic rings. The highest BCUT2D eigenvalue weighted by Gasteiger charge is 2.28. The van der Waals surface area contributed by atoms with E-state index in [0.717, 1.165) is 6.08 Å². The van der Waals surface area contributed by atoms with Crippen LogP contribution in [0.3, 0.4) is 0 Å². The number of carbonyl (C=O) groups excluding carboxylic acids is 1. The molecule has 0 fully saturated rings. The van der Waals surface area contributed by atoms with Crippen molar-refractivity contribution in [3.8, 4) is 0 Å². The van der Waals surface area contributed by atoms with Gasteiger partial charge in [0.25, 0.3) is 6.08 Å². The highest BCUT2D eigenvalue weighted by molar-refractivity contribution is 5.91. The SMILES string of the molecule is CC(=O)N1CCC(CC=C(F)F)c2ccc(F)nc21. The van der Waals surface area contributed by atoms with Crippen molar-refractivity contribution in [2.45, 2.75) is 25.7 Å². The van der Waals surface area contributed by atoms with Crippen molar-refractivity contribution in [2.24, 2.45) is 0 Å². The summed E-state index contributed by atoms with van der Waals surface area (Å²) in [5.74, 6) is -0.834. The average molecular weight is 270 g/mol. The molecule has 0 bridgehead atoms. The number of carbonyl (C=O) groups is 1. The van der Waals surface area contributed by atoms with Crippen molar-refractivity contribution in [1.82, 2.24) is 4.98 Å².